The highest BCUT2D eigenvalue weighted by Gasteiger charge is 2.29. The third-order valence-electron chi connectivity index (χ3n) is 9.91. The van der Waals surface area contributed by atoms with Crippen molar-refractivity contribution in [1.82, 2.24) is 48.7 Å². The molecule has 18 nitrogen and oxygen atoms in total. The highest BCUT2D eigenvalue weighted by atomic mass is 32.2. The fraction of sp³-hybridized carbons (Fsp3) is 0.371. The Labute approximate surface area is 311 Å². The van der Waals surface area contributed by atoms with Crippen molar-refractivity contribution in [3.05, 3.63) is 70.3 Å². The van der Waals surface area contributed by atoms with E-state index in [4.69, 9.17) is 22.2 Å². The molecule has 0 radical (unpaired) electrons. The van der Waals surface area contributed by atoms with Gasteiger partial charge in [-0.05, 0) is 81.0 Å². The van der Waals surface area contributed by atoms with Crippen LogP contribution < -0.4 is 22.5 Å². The van der Waals surface area contributed by atoms with Crippen LogP contribution in [0.25, 0.3) is 22.8 Å². The van der Waals surface area contributed by atoms with Gasteiger partial charge in [-0.3, -0.25) is 19.0 Å². The summed E-state index contributed by atoms with van der Waals surface area (Å²) in [6, 6.07) is 6.60. The highest BCUT2D eigenvalue weighted by Crippen LogP contribution is 2.34. The van der Waals surface area contributed by atoms with Crippen LogP contribution in [-0.2, 0) is 49.8 Å². The summed E-state index contributed by atoms with van der Waals surface area (Å²) in [4.78, 5) is 43.2. The summed E-state index contributed by atoms with van der Waals surface area (Å²) >= 11 is 0. The predicted molar refractivity (Wildman–Crippen MR) is 200 cm³/mol. The Morgan fingerprint density at radius 3 is 1.78 bits per heavy atom. The van der Waals surface area contributed by atoms with E-state index in [0.29, 0.717) is 55.6 Å². The number of nitrogens with zero attached hydrogens (tertiary/aromatic N) is 10. The van der Waals surface area contributed by atoms with Gasteiger partial charge in [0.1, 0.15) is 0 Å². The summed E-state index contributed by atoms with van der Waals surface area (Å²) in [6.45, 7) is 2.40. The summed E-state index contributed by atoms with van der Waals surface area (Å²) in [5.41, 5.74) is 24.6. The fourth-order valence-electron chi connectivity index (χ4n) is 7.19. The number of aromatic nitrogens is 8. The Kier molecular flexibility index (Phi) is 9.86. The zero-order chi connectivity index (χ0) is 38.3. The molecule has 0 spiro atoms. The maximum atomic E-state index is 13.0. The van der Waals surface area contributed by atoms with E-state index in [1.54, 1.807) is 60.1 Å². The number of hydrogen-bond acceptors (Lipinski definition) is 13. The van der Waals surface area contributed by atoms with Crippen LogP contribution in [0.2, 0.25) is 0 Å². The Bertz CT molecular complexity index is 2360. The van der Waals surface area contributed by atoms with Crippen LogP contribution in [0.5, 0.6) is 0 Å². The molecule has 4 aromatic heterocycles. The van der Waals surface area contributed by atoms with Crippen LogP contribution >= 0.6 is 0 Å². The SMILES string of the molecule is CN1CCN(S(=O)(=O)c2ccc(Nc3ncc4c(n3)-c3c(c(C(N)=O)nn3C)CCC4)cc2)CC1.Cn1nc(C(N)=O)c2c1-c1nc(N)ncc1CCC2. The molecule has 2 amide bonds. The number of carbonyl (C=O) groups excluding carboxylic acids is 2. The monoisotopic (exact) mass is 754 g/mol. The zero-order valence-electron chi connectivity index (χ0n) is 30.3. The molecule has 19 heteroatoms. The number of benzene rings is 1. The van der Waals surface area contributed by atoms with E-state index in [2.05, 4.69) is 35.4 Å². The highest BCUT2D eigenvalue weighted by molar-refractivity contribution is 7.89. The van der Waals surface area contributed by atoms with Crippen LogP contribution in [0.3, 0.4) is 0 Å². The van der Waals surface area contributed by atoms with Crippen molar-refractivity contribution < 1.29 is 18.0 Å². The Morgan fingerprint density at radius 1 is 0.722 bits per heavy atom. The molecule has 0 unspecified atom stereocenters. The first-order valence-electron chi connectivity index (χ1n) is 17.6. The average molecular weight is 755 g/mol. The van der Waals surface area contributed by atoms with E-state index < -0.39 is 21.8 Å². The molecule has 3 aliphatic rings. The van der Waals surface area contributed by atoms with Crippen molar-refractivity contribution in [1.29, 1.82) is 0 Å². The first kappa shape index (κ1) is 36.6. The summed E-state index contributed by atoms with van der Waals surface area (Å²) in [6.07, 6.45) is 8.32. The number of primary amides is 2. The molecule has 1 aromatic carbocycles. The van der Waals surface area contributed by atoms with E-state index in [9.17, 15) is 18.0 Å². The first-order valence-corrected chi connectivity index (χ1v) is 19.0. The number of amides is 2. The van der Waals surface area contributed by atoms with Gasteiger partial charge in [-0.1, -0.05) is 0 Å². The third kappa shape index (κ3) is 6.99. The quantitative estimate of drug-likeness (QED) is 0.190. The van der Waals surface area contributed by atoms with E-state index >= 15 is 0 Å². The van der Waals surface area contributed by atoms with Crippen LogP contribution in [-0.4, -0.2) is 102 Å². The number of nitrogens with one attached hydrogen (secondary N) is 1. The molecule has 54 heavy (non-hydrogen) atoms. The van der Waals surface area contributed by atoms with Crippen LogP contribution in [0.1, 0.15) is 56.1 Å². The molecule has 1 fully saturated rings. The number of likely N-dealkylation sites (N-methyl/N-ethyl adjacent to an activating group) is 1. The molecule has 8 rings (SSSR count). The molecule has 282 valence electrons. The second kappa shape index (κ2) is 14.6. The van der Waals surface area contributed by atoms with Crippen molar-refractivity contribution in [2.75, 3.05) is 44.3 Å². The minimum atomic E-state index is -3.53. The van der Waals surface area contributed by atoms with Gasteiger partial charge >= 0.3 is 0 Å². The van der Waals surface area contributed by atoms with Gasteiger partial charge < -0.3 is 27.4 Å². The first-order chi connectivity index (χ1) is 25.8. The van der Waals surface area contributed by atoms with Crippen molar-refractivity contribution in [3.8, 4) is 22.8 Å². The maximum absolute atomic E-state index is 13.0. The van der Waals surface area contributed by atoms with Gasteiger partial charge in [0.25, 0.3) is 11.8 Å². The fourth-order valence-corrected chi connectivity index (χ4v) is 8.61. The van der Waals surface area contributed by atoms with Gasteiger partial charge in [0.05, 0.1) is 27.7 Å². The molecular formula is C35H42N14O4S. The number of piperazine rings is 1. The molecule has 1 saturated heterocycles. The molecule has 0 atom stereocenters. The number of nitrogen functional groups attached to an aromatic ring is 1. The second-order valence-corrected chi connectivity index (χ2v) is 15.5. The minimum Gasteiger partial charge on any atom is -0.368 e. The van der Waals surface area contributed by atoms with Gasteiger partial charge in [0.15, 0.2) is 11.4 Å². The van der Waals surface area contributed by atoms with Gasteiger partial charge in [-0.15, -0.1) is 0 Å². The number of carbonyl (C=O) groups is 2. The number of aryl methyl sites for hydroxylation is 4. The van der Waals surface area contributed by atoms with Crippen LogP contribution in [0.15, 0.2) is 41.6 Å². The van der Waals surface area contributed by atoms with E-state index in [0.717, 1.165) is 71.4 Å². The third-order valence-corrected chi connectivity index (χ3v) is 11.8. The van der Waals surface area contributed by atoms with Gasteiger partial charge in [0.2, 0.25) is 21.9 Å². The minimum absolute atomic E-state index is 0.216. The maximum Gasteiger partial charge on any atom is 0.269 e. The van der Waals surface area contributed by atoms with E-state index in [1.807, 2.05) is 7.05 Å². The van der Waals surface area contributed by atoms with Crippen molar-refractivity contribution in [3.63, 3.8) is 0 Å². The molecule has 1 aliphatic heterocycles. The smallest absolute Gasteiger partial charge is 0.269 e. The number of nitrogens with two attached hydrogens (primary N) is 3. The lowest BCUT2D eigenvalue weighted by molar-refractivity contribution is 0.0985. The number of fused-ring (bicyclic) bond motifs is 6. The van der Waals surface area contributed by atoms with Crippen molar-refractivity contribution >= 4 is 39.4 Å². The molecular weight excluding hydrogens is 713 g/mol. The molecule has 0 saturated carbocycles. The summed E-state index contributed by atoms with van der Waals surface area (Å²) in [7, 11) is 2.00. The molecule has 5 aromatic rings. The molecule has 0 bridgehead atoms. The van der Waals surface area contributed by atoms with Gasteiger partial charge in [-0.25, -0.2) is 28.4 Å². The number of rotatable bonds is 6. The largest absolute Gasteiger partial charge is 0.368 e. The summed E-state index contributed by atoms with van der Waals surface area (Å²) in [5.74, 6) is -0.479. The van der Waals surface area contributed by atoms with Crippen molar-refractivity contribution in [2.45, 2.75) is 43.4 Å². The number of sulfonamides is 1. The van der Waals surface area contributed by atoms with E-state index in [1.165, 1.54) is 4.31 Å². The lowest BCUT2D eigenvalue weighted by Crippen LogP contribution is -2.46. The standard InChI is InChI=1S/C23H28N8O3S.C12H14N6O/c1-29-10-12-31(13-11-29)35(33,34)17-8-6-16(7-9-17)26-23-25-14-15-4-3-5-18-20(22(24)32)28-30(2)21(18)19(15)27-23;1-18-10-7(9(17-18)11(13)19)4-2-3-6-5-15-12(14)16-8(6)10/h6-9,14H,3-5,10-13H2,1-2H3,(H2,24,32)(H,25,26,27);5H,2-4H2,1H3,(H2,13,19)(H2,14,15,16). The zero-order valence-corrected chi connectivity index (χ0v) is 31.1. The average Bonchev–Trinajstić information content (AvgIpc) is 3.48. The van der Waals surface area contributed by atoms with Gasteiger partial charge in [-0.2, -0.15) is 14.5 Å². The summed E-state index contributed by atoms with van der Waals surface area (Å²) < 4.78 is 30.8. The van der Waals surface area contributed by atoms with Gasteiger partial charge in [0, 0.05) is 69.5 Å². The lowest BCUT2D eigenvalue weighted by Gasteiger charge is -2.31. The number of hydrogen-bond donors (Lipinski definition) is 4. The Hall–Kier alpha value is -5.79. The normalized spacial score (nSPS) is 15.7. The Balaban J connectivity index is 0.000000199. The molecule has 2 aliphatic carbocycles. The second-order valence-electron chi connectivity index (χ2n) is 13.6. The lowest BCUT2D eigenvalue weighted by atomic mass is 10.1. The summed E-state index contributed by atoms with van der Waals surface area (Å²) in [5, 5.41) is 11.7. The molecule has 7 N–H and O–H groups in total. The van der Waals surface area contributed by atoms with Crippen molar-refractivity contribution in [2.24, 2.45) is 25.6 Å². The van der Waals surface area contributed by atoms with E-state index in [-0.39, 0.29) is 16.5 Å². The number of anilines is 3. The van der Waals surface area contributed by atoms with Crippen LogP contribution in [0, 0.1) is 0 Å². The van der Waals surface area contributed by atoms with Crippen LogP contribution in [0.4, 0.5) is 17.6 Å². The topological polar surface area (TPSA) is 252 Å². The Morgan fingerprint density at radius 2 is 1.24 bits per heavy atom. The predicted octanol–water partition coefficient (Wildman–Crippen LogP) is 1.19. The molecule has 5 heterocycles.